The molecule has 1 atom stereocenters. The Morgan fingerprint density at radius 2 is 1.96 bits per heavy atom. The van der Waals surface area contributed by atoms with Crippen molar-refractivity contribution >= 4 is 11.6 Å². The van der Waals surface area contributed by atoms with Gasteiger partial charge in [-0.15, -0.1) is 0 Å². The molecule has 25 heavy (non-hydrogen) atoms. The van der Waals surface area contributed by atoms with Crippen LogP contribution in [0.5, 0.6) is 0 Å². The van der Waals surface area contributed by atoms with Crippen molar-refractivity contribution in [3.05, 3.63) is 65.2 Å². The van der Waals surface area contributed by atoms with Crippen LogP contribution >= 0.6 is 0 Å². The molecular formula is C19H22F2N2O2. The fourth-order valence-corrected chi connectivity index (χ4v) is 2.61. The van der Waals surface area contributed by atoms with E-state index >= 15 is 0 Å². The van der Waals surface area contributed by atoms with Crippen LogP contribution in [0.4, 0.5) is 14.5 Å². The van der Waals surface area contributed by atoms with E-state index in [0.29, 0.717) is 0 Å². The zero-order valence-electron chi connectivity index (χ0n) is 14.3. The maximum atomic E-state index is 13.7. The molecule has 2 rings (SSSR count). The van der Waals surface area contributed by atoms with Crippen molar-refractivity contribution in [3.63, 3.8) is 0 Å². The Morgan fingerprint density at radius 3 is 2.68 bits per heavy atom. The second kappa shape index (κ2) is 8.69. The third kappa shape index (κ3) is 5.34. The third-order valence-corrected chi connectivity index (χ3v) is 3.89. The van der Waals surface area contributed by atoms with Crippen LogP contribution in [0.25, 0.3) is 0 Å². The lowest BCUT2D eigenvalue weighted by molar-refractivity contribution is -0.117. The van der Waals surface area contributed by atoms with E-state index in [1.165, 1.54) is 0 Å². The number of amides is 1. The normalized spacial score (nSPS) is 12.2. The molecule has 6 heteroatoms. The summed E-state index contributed by atoms with van der Waals surface area (Å²) >= 11 is 0. The highest BCUT2D eigenvalue weighted by Crippen LogP contribution is 2.19. The number of nitrogens with zero attached hydrogens (tertiary/aromatic N) is 1. The highest BCUT2D eigenvalue weighted by atomic mass is 19.1. The molecule has 0 aromatic heterocycles. The van der Waals surface area contributed by atoms with Gasteiger partial charge in [0, 0.05) is 17.8 Å². The van der Waals surface area contributed by atoms with Crippen molar-refractivity contribution in [2.75, 3.05) is 25.5 Å². The summed E-state index contributed by atoms with van der Waals surface area (Å²) in [6.07, 6.45) is -0.430. The van der Waals surface area contributed by atoms with E-state index in [1.54, 1.807) is 11.9 Å². The van der Waals surface area contributed by atoms with Crippen LogP contribution in [0.2, 0.25) is 0 Å². The number of anilines is 1. The number of nitrogens with one attached hydrogen (secondary N) is 1. The number of aliphatic hydroxyl groups excluding tert-OH is 1. The highest BCUT2D eigenvalue weighted by Gasteiger charge is 2.17. The van der Waals surface area contributed by atoms with Crippen molar-refractivity contribution in [3.8, 4) is 0 Å². The van der Waals surface area contributed by atoms with Crippen molar-refractivity contribution in [1.82, 2.24) is 4.90 Å². The van der Waals surface area contributed by atoms with Gasteiger partial charge in [-0.1, -0.05) is 25.1 Å². The molecule has 0 saturated carbocycles. The molecule has 0 heterocycles. The van der Waals surface area contributed by atoms with Crippen molar-refractivity contribution in [1.29, 1.82) is 0 Å². The molecule has 2 aromatic rings. The van der Waals surface area contributed by atoms with Gasteiger partial charge < -0.3 is 10.4 Å². The van der Waals surface area contributed by atoms with Gasteiger partial charge in [-0.05, 0) is 43.3 Å². The topological polar surface area (TPSA) is 52.6 Å². The summed E-state index contributed by atoms with van der Waals surface area (Å²) in [6.45, 7) is 2.02. The number of aryl methyl sites for hydroxylation is 1. The lowest BCUT2D eigenvalue weighted by Crippen LogP contribution is -2.33. The summed E-state index contributed by atoms with van der Waals surface area (Å²) in [5, 5.41) is 12.9. The predicted octanol–water partition coefficient (Wildman–Crippen LogP) is 3.13. The van der Waals surface area contributed by atoms with Gasteiger partial charge in [0.05, 0.1) is 12.6 Å². The van der Waals surface area contributed by atoms with E-state index in [0.717, 1.165) is 35.9 Å². The van der Waals surface area contributed by atoms with Gasteiger partial charge in [-0.25, -0.2) is 8.78 Å². The second-order valence-electron chi connectivity index (χ2n) is 5.94. The van der Waals surface area contributed by atoms with Gasteiger partial charge >= 0.3 is 0 Å². The number of likely N-dealkylation sites (N-methyl/N-ethyl adjacent to an activating group) is 1. The number of hydrogen-bond acceptors (Lipinski definition) is 3. The Labute approximate surface area is 146 Å². The fraction of sp³-hybridized carbons (Fsp3) is 0.316. The molecule has 1 amide bonds. The molecule has 0 saturated heterocycles. The molecule has 1 unspecified atom stereocenters. The number of carbonyl (C=O) groups is 1. The minimum absolute atomic E-state index is 0.00319. The second-order valence-corrected chi connectivity index (χ2v) is 5.94. The van der Waals surface area contributed by atoms with E-state index in [-0.39, 0.29) is 24.6 Å². The maximum Gasteiger partial charge on any atom is 0.238 e. The molecule has 4 nitrogen and oxygen atoms in total. The van der Waals surface area contributed by atoms with Gasteiger partial charge in [0.2, 0.25) is 5.91 Å². The minimum atomic E-state index is -1.23. The maximum absolute atomic E-state index is 13.7. The first-order valence-electron chi connectivity index (χ1n) is 8.10. The van der Waals surface area contributed by atoms with Crippen LogP contribution < -0.4 is 5.32 Å². The molecule has 0 bridgehead atoms. The molecule has 0 radical (unpaired) electrons. The Hall–Kier alpha value is -2.31. The summed E-state index contributed by atoms with van der Waals surface area (Å²) < 4.78 is 26.9. The lowest BCUT2D eigenvalue weighted by Gasteiger charge is -2.21. The molecule has 0 aliphatic carbocycles. The van der Waals surface area contributed by atoms with E-state index in [2.05, 4.69) is 5.32 Å². The zero-order chi connectivity index (χ0) is 18.4. The van der Waals surface area contributed by atoms with Gasteiger partial charge in [0.15, 0.2) is 0 Å². The molecule has 0 fully saturated rings. The van der Waals surface area contributed by atoms with Gasteiger partial charge in [-0.3, -0.25) is 9.69 Å². The largest absolute Gasteiger partial charge is 0.387 e. The molecule has 134 valence electrons. The van der Waals surface area contributed by atoms with Gasteiger partial charge in [-0.2, -0.15) is 0 Å². The summed E-state index contributed by atoms with van der Waals surface area (Å²) in [6, 6.07) is 10.4. The lowest BCUT2D eigenvalue weighted by atomic mass is 10.1. The van der Waals surface area contributed by atoms with Gasteiger partial charge in [0.25, 0.3) is 0 Å². The number of rotatable bonds is 7. The van der Waals surface area contributed by atoms with Crippen molar-refractivity contribution in [2.45, 2.75) is 19.4 Å². The van der Waals surface area contributed by atoms with Gasteiger partial charge in [0.1, 0.15) is 11.6 Å². The van der Waals surface area contributed by atoms with Crippen LogP contribution in [0.15, 0.2) is 42.5 Å². The monoisotopic (exact) mass is 348 g/mol. The number of hydrogen-bond donors (Lipinski definition) is 2. The summed E-state index contributed by atoms with van der Waals surface area (Å²) in [5.41, 5.74) is 1.66. The Balaban J connectivity index is 1.94. The number of benzene rings is 2. The van der Waals surface area contributed by atoms with Crippen LogP contribution in [-0.4, -0.2) is 36.1 Å². The smallest absolute Gasteiger partial charge is 0.238 e. The Bertz CT molecular complexity index is 737. The summed E-state index contributed by atoms with van der Waals surface area (Å²) in [7, 11) is 1.63. The molecule has 2 aromatic carbocycles. The van der Waals surface area contributed by atoms with E-state index in [9.17, 15) is 18.7 Å². The first-order chi connectivity index (χ1) is 11.9. The zero-order valence-corrected chi connectivity index (χ0v) is 14.3. The SMILES string of the molecule is CCc1ccccc1NC(=O)CN(C)CC(O)c1cc(F)ccc1F. The van der Waals surface area contributed by atoms with Crippen LogP contribution in [-0.2, 0) is 11.2 Å². The fourth-order valence-electron chi connectivity index (χ4n) is 2.61. The van der Waals surface area contributed by atoms with Crippen LogP contribution in [0, 0.1) is 11.6 Å². The van der Waals surface area contributed by atoms with E-state index < -0.39 is 17.7 Å². The van der Waals surface area contributed by atoms with E-state index in [4.69, 9.17) is 0 Å². The number of halogens is 2. The van der Waals surface area contributed by atoms with Crippen molar-refractivity contribution in [2.24, 2.45) is 0 Å². The third-order valence-electron chi connectivity index (χ3n) is 3.89. The highest BCUT2D eigenvalue weighted by molar-refractivity contribution is 5.92. The molecule has 0 aliphatic heterocycles. The first kappa shape index (κ1) is 19.0. The summed E-state index contributed by atoms with van der Waals surface area (Å²) in [4.78, 5) is 13.7. The number of aliphatic hydroxyl groups is 1. The number of para-hydroxylation sites is 1. The average molecular weight is 348 g/mol. The molecular weight excluding hydrogens is 326 g/mol. The molecule has 2 N–H and O–H groups in total. The summed E-state index contributed by atoms with van der Waals surface area (Å²) in [5.74, 6) is -1.54. The molecule has 0 spiro atoms. The Morgan fingerprint density at radius 1 is 1.24 bits per heavy atom. The predicted molar refractivity (Wildman–Crippen MR) is 93.3 cm³/mol. The quantitative estimate of drug-likeness (QED) is 0.808. The molecule has 0 aliphatic rings. The standard InChI is InChI=1S/C19H22F2N2O2/c1-3-13-6-4-5-7-17(13)22-19(25)12-23(2)11-18(24)15-10-14(20)8-9-16(15)21/h4-10,18,24H,3,11-12H2,1-2H3,(H,22,25). The average Bonchev–Trinajstić information content (AvgIpc) is 2.57. The van der Waals surface area contributed by atoms with Crippen LogP contribution in [0.3, 0.4) is 0 Å². The van der Waals surface area contributed by atoms with Crippen molar-refractivity contribution < 1.29 is 18.7 Å². The first-order valence-corrected chi connectivity index (χ1v) is 8.10. The van der Waals surface area contributed by atoms with E-state index in [1.807, 2.05) is 31.2 Å². The number of carbonyl (C=O) groups excluding carboxylic acids is 1. The Kier molecular flexibility index (Phi) is 6.61. The minimum Gasteiger partial charge on any atom is -0.387 e. The van der Waals surface area contributed by atoms with Crippen LogP contribution in [0.1, 0.15) is 24.2 Å².